The smallest absolute Gasteiger partial charge is 0.243 e. The van der Waals surface area contributed by atoms with Gasteiger partial charge in [0.05, 0.1) is 16.9 Å². The molecule has 2 aliphatic heterocycles. The number of carbonyl (C=O) groups is 1. The third-order valence-corrected chi connectivity index (χ3v) is 6.78. The zero-order valence-corrected chi connectivity index (χ0v) is 15.2. The molecular formula is C15H19BrN2O4S. The van der Waals surface area contributed by atoms with E-state index in [1.165, 1.54) is 4.31 Å². The standard InChI is InChI=1S/C15H19BrN2O4S/c1-22-13-9-17(10-13)15(19)11-5-6-18(8-11)23(20,21)14-4-2-3-12(16)7-14/h2-4,7,11,13H,5-6,8-10H2,1H3. The number of halogens is 1. The lowest BCUT2D eigenvalue weighted by molar-refractivity contribution is -0.146. The van der Waals surface area contributed by atoms with Crippen LogP contribution in [0.2, 0.25) is 0 Å². The number of ether oxygens (including phenoxy) is 1. The van der Waals surface area contributed by atoms with Crippen molar-refractivity contribution in [3.05, 3.63) is 28.7 Å². The molecule has 0 spiro atoms. The van der Waals surface area contributed by atoms with Gasteiger partial charge in [-0.2, -0.15) is 4.31 Å². The quantitative estimate of drug-likeness (QED) is 0.761. The summed E-state index contributed by atoms with van der Waals surface area (Å²) in [4.78, 5) is 14.4. The first-order chi connectivity index (χ1) is 10.9. The molecule has 23 heavy (non-hydrogen) atoms. The number of benzene rings is 1. The minimum Gasteiger partial charge on any atom is -0.378 e. The van der Waals surface area contributed by atoms with E-state index in [4.69, 9.17) is 4.74 Å². The molecule has 8 heteroatoms. The Hall–Kier alpha value is -0.960. The predicted octanol–water partition coefficient (Wildman–Crippen LogP) is 1.32. The van der Waals surface area contributed by atoms with Crippen LogP contribution in [-0.4, -0.2) is 62.9 Å². The Morgan fingerprint density at radius 3 is 2.70 bits per heavy atom. The molecule has 0 radical (unpaired) electrons. The molecule has 0 N–H and O–H groups in total. The van der Waals surface area contributed by atoms with E-state index >= 15 is 0 Å². The maximum atomic E-state index is 12.7. The highest BCUT2D eigenvalue weighted by Crippen LogP contribution is 2.28. The third kappa shape index (κ3) is 3.31. The van der Waals surface area contributed by atoms with Crippen LogP contribution in [0.5, 0.6) is 0 Å². The van der Waals surface area contributed by atoms with Crippen molar-refractivity contribution in [2.75, 3.05) is 33.3 Å². The lowest BCUT2D eigenvalue weighted by Gasteiger charge is -2.39. The SMILES string of the molecule is COC1CN(C(=O)C2CCN(S(=O)(=O)c3cccc(Br)c3)C2)C1. The average molecular weight is 403 g/mol. The van der Waals surface area contributed by atoms with Crippen LogP contribution in [0.25, 0.3) is 0 Å². The van der Waals surface area contributed by atoms with Gasteiger partial charge in [-0.1, -0.05) is 22.0 Å². The van der Waals surface area contributed by atoms with Crippen molar-refractivity contribution >= 4 is 31.9 Å². The van der Waals surface area contributed by atoms with Crippen molar-refractivity contribution in [3.8, 4) is 0 Å². The number of sulfonamides is 1. The van der Waals surface area contributed by atoms with Crippen LogP contribution >= 0.6 is 15.9 Å². The second-order valence-electron chi connectivity index (χ2n) is 5.91. The van der Waals surface area contributed by atoms with Gasteiger partial charge in [0.1, 0.15) is 0 Å². The highest BCUT2D eigenvalue weighted by atomic mass is 79.9. The van der Waals surface area contributed by atoms with Gasteiger partial charge >= 0.3 is 0 Å². The lowest BCUT2D eigenvalue weighted by atomic mass is 10.0. The largest absolute Gasteiger partial charge is 0.378 e. The molecule has 2 saturated heterocycles. The summed E-state index contributed by atoms with van der Waals surface area (Å²) in [5.41, 5.74) is 0. The number of amides is 1. The fraction of sp³-hybridized carbons (Fsp3) is 0.533. The van der Waals surface area contributed by atoms with Crippen LogP contribution in [-0.2, 0) is 19.6 Å². The summed E-state index contributed by atoms with van der Waals surface area (Å²) in [6.45, 7) is 1.84. The number of rotatable bonds is 4. The van der Waals surface area contributed by atoms with E-state index < -0.39 is 10.0 Å². The summed E-state index contributed by atoms with van der Waals surface area (Å²) in [6.07, 6.45) is 0.682. The van der Waals surface area contributed by atoms with Crippen LogP contribution in [0.4, 0.5) is 0 Å². The molecule has 1 unspecified atom stereocenters. The molecule has 0 bridgehead atoms. The van der Waals surface area contributed by atoms with Gasteiger partial charge in [-0.3, -0.25) is 4.79 Å². The van der Waals surface area contributed by atoms with Crippen molar-refractivity contribution in [1.29, 1.82) is 0 Å². The van der Waals surface area contributed by atoms with Gasteiger partial charge in [0, 0.05) is 37.8 Å². The zero-order chi connectivity index (χ0) is 16.6. The summed E-state index contributed by atoms with van der Waals surface area (Å²) in [5, 5.41) is 0. The van der Waals surface area contributed by atoms with Gasteiger partial charge in [0.25, 0.3) is 0 Å². The molecule has 6 nitrogen and oxygen atoms in total. The molecular weight excluding hydrogens is 384 g/mol. The van der Waals surface area contributed by atoms with Crippen molar-refractivity contribution in [2.24, 2.45) is 5.92 Å². The Balaban J connectivity index is 1.66. The van der Waals surface area contributed by atoms with Crippen LogP contribution < -0.4 is 0 Å². The molecule has 1 amide bonds. The summed E-state index contributed by atoms with van der Waals surface area (Å²) >= 11 is 3.29. The van der Waals surface area contributed by atoms with Gasteiger partial charge in [0.2, 0.25) is 15.9 Å². The van der Waals surface area contributed by atoms with Crippen LogP contribution in [0, 0.1) is 5.92 Å². The monoisotopic (exact) mass is 402 g/mol. The van der Waals surface area contributed by atoms with Crippen LogP contribution in [0.3, 0.4) is 0 Å². The molecule has 2 heterocycles. The molecule has 0 aromatic heterocycles. The molecule has 0 saturated carbocycles. The van der Waals surface area contributed by atoms with Crippen molar-refractivity contribution < 1.29 is 17.9 Å². The van der Waals surface area contributed by atoms with Crippen LogP contribution in [0.1, 0.15) is 6.42 Å². The molecule has 1 aromatic rings. The Bertz CT molecular complexity index is 703. The lowest BCUT2D eigenvalue weighted by Crippen LogP contribution is -2.56. The Morgan fingerprint density at radius 2 is 2.04 bits per heavy atom. The fourth-order valence-corrected chi connectivity index (χ4v) is 5.05. The second-order valence-corrected chi connectivity index (χ2v) is 8.76. The number of likely N-dealkylation sites (tertiary alicyclic amines) is 1. The Kier molecular flexibility index (Phi) is 4.78. The molecule has 2 fully saturated rings. The normalized spacial score (nSPS) is 23.0. The van der Waals surface area contributed by atoms with E-state index in [9.17, 15) is 13.2 Å². The molecule has 126 valence electrons. The summed E-state index contributed by atoms with van der Waals surface area (Å²) in [7, 11) is -1.92. The first-order valence-electron chi connectivity index (χ1n) is 7.49. The summed E-state index contributed by atoms with van der Waals surface area (Å²) in [5.74, 6) is -0.222. The van der Waals surface area contributed by atoms with Gasteiger partial charge in [-0.25, -0.2) is 8.42 Å². The molecule has 0 aliphatic carbocycles. The summed E-state index contributed by atoms with van der Waals surface area (Å²) in [6, 6.07) is 6.64. The van der Waals surface area contributed by atoms with Crippen molar-refractivity contribution in [2.45, 2.75) is 17.4 Å². The maximum Gasteiger partial charge on any atom is 0.243 e. The van der Waals surface area contributed by atoms with E-state index in [1.807, 2.05) is 0 Å². The third-order valence-electron chi connectivity index (χ3n) is 4.43. The van der Waals surface area contributed by atoms with Crippen molar-refractivity contribution in [1.82, 2.24) is 9.21 Å². The molecule has 1 atom stereocenters. The van der Waals surface area contributed by atoms with Gasteiger partial charge < -0.3 is 9.64 Å². The fourth-order valence-electron chi connectivity index (χ4n) is 2.95. The number of methoxy groups -OCH3 is 1. The minimum absolute atomic E-state index is 0.0326. The average Bonchev–Trinajstić information content (AvgIpc) is 2.96. The number of hydrogen-bond acceptors (Lipinski definition) is 4. The highest BCUT2D eigenvalue weighted by Gasteiger charge is 2.40. The second kappa shape index (κ2) is 6.51. The minimum atomic E-state index is -3.55. The number of carbonyl (C=O) groups excluding carboxylic acids is 1. The van der Waals surface area contributed by atoms with Gasteiger partial charge in [-0.15, -0.1) is 0 Å². The first-order valence-corrected chi connectivity index (χ1v) is 9.72. The van der Waals surface area contributed by atoms with Crippen molar-refractivity contribution in [3.63, 3.8) is 0 Å². The van der Waals surface area contributed by atoms with E-state index in [1.54, 1.807) is 36.3 Å². The Labute approximate surface area is 144 Å². The molecule has 3 rings (SSSR count). The van der Waals surface area contributed by atoms with Crippen LogP contribution in [0.15, 0.2) is 33.6 Å². The van der Waals surface area contributed by atoms with E-state index in [2.05, 4.69) is 15.9 Å². The summed E-state index contributed by atoms with van der Waals surface area (Å²) < 4.78 is 32.6. The van der Waals surface area contributed by atoms with E-state index in [0.29, 0.717) is 26.1 Å². The van der Waals surface area contributed by atoms with Gasteiger partial charge in [-0.05, 0) is 24.6 Å². The predicted molar refractivity (Wildman–Crippen MR) is 88.4 cm³/mol. The van der Waals surface area contributed by atoms with E-state index in [0.717, 1.165) is 4.47 Å². The first kappa shape index (κ1) is 16.9. The topological polar surface area (TPSA) is 66.9 Å². The molecule has 2 aliphatic rings. The van der Waals surface area contributed by atoms with E-state index in [-0.39, 0.29) is 29.4 Å². The zero-order valence-electron chi connectivity index (χ0n) is 12.8. The number of hydrogen-bond donors (Lipinski definition) is 0. The Morgan fingerprint density at radius 1 is 1.30 bits per heavy atom. The number of nitrogens with zero attached hydrogens (tertiary/aromatic N) is 2. The maximum absolute atomic E-state index is 12.7. The highest BCUT2D eigenvalue weighted by molar-refractivity contribution is 9.10. The molecule has 1 aromatic carbocycles. The van der Waals surface area contributed by atoms with Gasteiger partial charge in [0.15, 0.2) is 0 Å².